The van der Waals surface area contributed by atoms with Crippen molar-refractivity contribution < 1.29 is 22.7 Å². The number of hydrogen-bond acceptors (Lipinski definition) is 5. The van der Waals surface area contributed by atoms with Gasteiger partial charge in [0.15, 0.2) is 15.9 Å². The number of sulfone groups is 1. The molecule has 0 heterocycles. The van der Waals surface area contributed by atoms with E-state index in [-0.39, 0.29) is 16.2 Å². The summed E-state index contributed by atoms with van der Waals surface area (Å²) in [4.78, 5) is 24.8. The van der Waals surface area contributed by atoms with E-state index in [4.69, 9.17) is 4.74 Å². The number of esters is 1. The molecular weight excluding hydrogens is 340 g/mol. The Morgan fingerprint density at radius 1 is 1.00 bits per heavy atom. The minimum absolute atomic E-state index is 0.0781. The fourth-order valence-electron chi connectivity index (χ4n) is 2.46. The highest BCUT2D eigenvalue weighted by Crippen LogP contribution is 2.19. The molecule has 0 bridgehead atoms. The molecule has 2 rings (SSSR count). The van der Waals surface area contributed by atoms with Crippen LogP contribution in [0, 0.1) is 13.8 Å². The second-order valence-electron chi connectivity index (χ2n) is 6.00. The maximum Gasteiger partial charge on any atom is 0.340 e. The zero-order valence-corrected chi connectivity index (χ0v) is 15.4. The molecule has 2 aromatic rings. The van der Waals surface area contributed by atoms with Gasteiger partial charge in [-0.25, -0.2) is 13.2 Å². The Morgan fingerprint density at radius 3 is 2.28 bits per heavy atom. The monoisotopic (exact) mass is 360 g/mol. The molecule has 0 amide bonds. The molecule has 0 fully saturated rings. The van der Waals surface area contributed by atoms with Crippen LogP contribution in [0.1, 0.15) is 38.8 Å². The summed E-state index contributed by atoms with van der Waals surface area (Å²) in [7, 11) is -3.58. The maximum absolute atomic E-state index is 12.6. The molecule has 0 spiro atoms. The maximum atomic E-state index is 12.6. The predicted molar refractivity (Wildman–Crippen MR) is 94.7 cm³/mol. The van der Waals surface area contributed by atoms with Crippen molar-refractivity contribution in [2.45, 2.75) is 31.8 Å². The van der Waals surface area contributed by atoms with Crippen LogP contribution >= 0.6 is 0 Å². The molecule has 0 unspecified atom stereocenters. The Morgan fingerprint density at radius 2 is 1.64 bits per heavy atom. The molecule has 0 saturated heterocycles. The van der Waals surface area contributed by atoms with Gasteiger partial charge in [-0.05, 0) is 44.5 Å². The Bertz CT molecular complexity index is 929. The van der Waals surface area contributed by atoms with Gasteiger partial charge in [0.25, 0.3) is 0 Å². The number of hydrogen-bond donors (Lipinski definition) is 0. The SMILES string of the molecule is Cc1ccc(C)c(C(=O)[C@H](C)OC(=O)c2ccccc2S(C)(=O)=O)c1. The third-order valence-electron chi connectivity index (χ3n) is 3.82. The normalized spacial score (nSPS) is 12.5. The van der Waals surface area contributed by atoms with E-state index in [1.807, 2.05) is 19.1 Å². The van der Waals surface area contributed by atoms with Crippen molar-refractivity contribution in [1.29, 1.82) is 0 Å². The Hall–Kier alpha value is -2.47. The number of rotatable bonds is 5. The third kappa shape index (κ3) is 4.33. The summed E-state index contributed by atoms with van der Waals surface area (Å²) in [5.41, 5.74) is 2.12. The predicted octanol–water partition coefficient (Wildman–Crippen LogP) is 3.14. The van der Waals surface area contributed by atoms with Gasteiger partial charge >= 0.3 is 5.97 Å². The lowest BCUT2D eigenvalue weighted by molar-refractivity contribution is 0.0315. The number of carbonyl (C=O) groups is 2. The Balaban J connectivity index is 2.27. The fraction of sp³-hybridized carbons (Fsp3) is 0.263. The molecule has 0 radical (unpaired) electrons. The zero-order valence-electron chi connectivity index (χ0n) is 14.6. The van der Waals surface area contributed by atoms with Crippen LogP contribution in [0.5, 0.6) is 0 Å². The van der Waals surface area contributed by atoms with E-state index in [1.54, 1.807) is 19.1 Å². The molecule has 0 aromatic heterocycles. The molecule has 0 aliphatic heterocycles. The van der Waals surface area contributed by atoms with Crippen molar-refractivity contribution in [3.63, 3.8) is 0 Å². The first kappa shape index (κ1) is 18.9. The van der Waals surface area contributed by atoms with E-state index < -0.39 is 21.9 Å². The summed E-state index contributed by atoms with van der Waals surface area (Å²) in [6.07, 6.45) is -0.00955. The second kappa shape index (κ2) is 7.19. The summed E-state index contributed by atoms with van der Waals surface area (Å²) >= 11 is 0. The Labute approximate surface area is 147 Å². The van der Waals surface area contributed by atoms with Crippen molar-refractivity contribution in [1.82, 2.24) is 0 Å². The third-order valence-corrected chi connectivity index (χ3v) is 4.97. The molecule has 1 atom stereocenters. The van der Waals surface area contributed by atoms with E-state index in [2.05, 4.69) is 0 Å². The van der Waals surface area contributed by atoms with Gasteiger partial charge in [-0.3, -0.25) is 4.79 Å². The van der Waals surface area contributed by atoms with E-state index in [0.717, 1.165) is 17.4 Å². The molecule has 0 aliphatic rings. The second-order valence-corrected chi connectivity index (χ2v) is 7.98. The van der Waals surface area contributed by atoms with Gasteiger partial charge in [0.2, 0.25) is 5.78 Å². The van der Waals surface area contributed by atoms with Crippen LogP contribution in [0.2, 0.25) is 0 Å². The first-order chi connectivity index (χ1) is 11.6. The number of Topliss-reactive ketones (excluding diaryl/α,β-unsaturated/α-hetero) is 1. The smallest absolute Gasteiger partial charge is 0.340 e. The average Bonchev–Trinajstić information content (AvgIpc) is 2.55. The average molecular weight is 360 g/mol. The van der Waals surface area contributed by atoms with Gasteiger partial charge in [-0.15, -0.1) is 0 Å². The summed E-state index contributed by atoms with van der Waals surface area (Å²) in [5.74, 6) is -1.17. The summed E-state index contributed by atoms with van der Waals surface area (Å²) in [6, 6.07) is 11.2. The lowest BCUT2D eigenvalue weighted by Crippen LogP contribution is -2.26. The minimum Gasteiger partial charge on any atom is -0.451 e. The van der Waals surface area contributed by atoms with Gasteiger partial charge in [0.1, 0.15) is 0 Å². The summed E-state index contributed by atoms with van der Waals surface area (Å²) in [5, 5.41) is 0. The highest BCUT2D eigenvalue weighted by Gasteiger charge is 2.25. The molecule has 132 valence electrons. The summed E-state index contributed by atoms with van der Waals surface area (Å²) < 4.78 is 28.8. The molecule has 6 heteroatoms. The van der Waals surface area contributed by atoms with E-state index in [0.29, 0.717) is 5.56 Å². The molecule has 25 heavy (non-hydrogen) atoms. The number of ether oxygens (including phenoxy) is 1. The van der Waals surface area contributed by atoms with Crippen LogP contribution in [0.25, 0.3) is 0 Å². The number of carbonyl (C=O) groups excluding carboxylic acids is 2. The highest BCUT2D eigenvalue weighted by molar-refractivity contribution is 7.90. The first-order valence-corrected chi connectivity index (χ1v) is 9.62. The largest absolute Gasteiger partial charge is 0.451 e. The lowest BCUT2D eigenvalue weighted by atomic mass is 9.99. The minimum atomic E-state index is -3.58. The van der Waals surface area contributed by atoms with Crippen molar-refractivity contribution in [2.75, 3.05) is 6.26 Å². The van der Waals surface area contributed by atoms with Gasteiger partial charge < -0.3 is 4.74 Å². The number of benzene rings is 2. The van der Waals surface area contributed by atoms with Gasteiger partial charge in [-0.2, -0.15) is 0 Å². The zero-order chi connectivity index (χ0) is 18.8. The summed E-state index contributed by atoms with van der Waals surface area (Å²) in [6.45, 7) is 5.15. The van der Waals surface area contributed by atoms with E-state index >= 15 is 0 Å². The molecule has 0 saturated carbocycles. The fourth-order valence-corrected chi connectivity index (χ4v) is 3.33. The topological polar surface area (TPSA) is 77.5 Å². The number of ketones is 1. The molecule has 0 aliphatic carbocycles. The standard InChI is InChI=1S/C19H20O5S/c1-12-9-10-13(2)16(11-12)18(20)14(3)24-19(21)15-7-5-6-8-17(15)25(4,22)23/h5-11,14H,1-4H3/t14-/m0/s1. The molecule has 2 aromatic carbocycles. The van der Waals surface area contributed by atoms with Crippen LogP contribution in [0.15, 0.2) is 47.4 Å². The highest BCUT2D eigenvalue weighted by atomic mass is 32.2. The van der Waals surface area contributed by atoms with Crippen LogP contribution in [-0.2, 0) is 14.6 Å². The van der Waals surface area contributed by atoms with Crippen molar-refractivity contribution in [3.8, 4) is 0 Å². The quantitative estimate of drug-likeness (QED) is 0.605. The molecule has 5 nitrogen and oxygen atoms in total. The Kier molecular flexibility index (Phi) is 5.42. The van der Waals surface area contributed by atoms with Crippen LogP contribution < -0.4 is 0 Å². The number of aryl methyl sites for hydroxylation is 2. The van der Waals surface area contributed by atoms with Crippen LogP contribution in [0.3, 0.4) is 0 Å². The lowest BCUT2D eigenvalue weighted by Gasteiger charge is -2.15. The van der Waals surface area contributed by atoms with Crippen LogP contribution in [0.4, 0.5) is 0 Å². The molecule has 0 N–H and O–H groups in total. The van der Waals surface area contributed by atoms with Gasteiger partial charge in [-0.1, -0.05) is 29.8 Å². The van der Waals surface area contributed by atoms with Crippen LogP contribution in [-0.4, -0.2) is 32.5 Å². The van der Waals surface area contributed by atoms with Gasteiger partial charge in [0.05, 0.1) is 10.5 Å². The van der Waals surface area contributed by atoms with E-state index in [1.165, 1.54) is 25.1 Å². The first-order valence-electron chi connectivity index (χ1n) is 7.73. The van der Waals surface area contributed by atoms with Gasteiger partial charge in [0, 0.05) is 11.8 Å². The van der Waals surface area contributed by atoms with Crippen molar-refractivity contribution in [3.05, 3.63) is 64.7 Å². The van der Waals surface area contributed by atoms with Crippen molar-refractivity contribution >= 4 is 21.6 Å². The molecular formula is C19H20O5S. The van der Waals surface area contributed by atoms with E-state index in [9.17, 15) is 18.0 Å². The van der Waals surface area contributed by atoms with Crippen molar-refractivity contribution in [2.24, 2.45) is 0 Å².